The Balaban J connectivity index is 2.49. The van der Waals surface area contributed by atoms with Crippen LogP contribution in [0.4, 0.5) is 0 Å². The van der Waals surface area contributed by atoms with Crippen molar-refractivity contribution >= 4 is 17.3 Å². The summed E-state index contributed by atoms with van der Waals surface area (Å²) >= 11 is 0. The zero-order chi connectivity index (χ0) is 22.4. The van der Waals surface area contributed by atoms with Gasteiger partial charge in [0.1, 0.15) is 12.4 Å². The highest BCUT2D eigenvalue weighted by atomic mass is 16.6. The van der Waals surface area contributed by atoms with Crippen molar-refractivity contribution in [2.45, 2.75) is 86.0 Å². The number of aryl methyl sites for hydroxylation is 2. The second kappa shape index (κ2) is 10.6. The van der Waals surface area contributed by atoms with E-state index in [2.05, 4.69) is 5.16 Å². The van der Waals surface area contributed by atoms with Gasteiger partial charge in [-0.25, -0.2) is 0 Å². The monoisotopic (exact) mass is 413 g/mol. The molecule has 1 N–H and O–H groups in total. The van der Waals surface area contributed by atoms with Gasteiger partial charge in [-0.1, -0.05) is 31.5 Å². The predicted octanol–water partition coefficient (Wildman–Crippen LogP) is 6.05. The standard InChI is InChI=1S/C25H35NO4/c1-7-10-19(26-30-9-3)25-21(28)13-18(14-22(25)29)23-15(4)12-16(5)24(17(23)6)20(27)11-8-2/h12,18,28H,7-11,13-14H2,1-6H3. The number of nitrogens with zero attached hydrogens (tertiary/aromatic N) is 1. The van der Waals surface area contributed by atoms with Crippen molar-refractivity contribution in [2.24, 2.45) is 5.16 Å². The summed E-state index contributed by atoms with van der Waals surface area (Å²) in [5, 5.41) is 14.9. The van der Waals surface area contributed by atoms with Crippen LogP contribution < -0.4 is 0 Å². The Bertz CT molecular complexity index is 880. The minimum absolute atomic E-state index is 0.0731. The Labute approximate surface area is 180 Å². The molecule has 1 aliphatic carbocycles. The predicted molar refractivity (Wildman–Crippen MR) is 120 cm³/mol. The molecule has 0 fully saturated rings. The SMILES string of the molecule is CCCC(=O)c1c(C)cc(C)c(C2CC(=O)C(C(CCC)=NOCC)=C(O)C2)c1C. The number of allylic oxidation sites excluding steroid dienone is 2. The third-order valence-electron chi connectivity index (χ3n) is 5.71. The molecule has 0 amide bonds. The molecule has 1 aromatic carbocycles. The molecule has 0 heterocycles. The van der Waals surface area contributed by atoms with Gasteiger partial charge in [0, 0.05) is 24.8 Å². The van der Waals surface area contributed by atoms with Crippen LogP contribution in [0.15, 0.2) is 22.6 Å². The summed E-state index contributed by atoms with van der Waals surface area (Å²) in [4.78, 5) is 31.0. The molecular weight excluding hydrogens is 378 g/mol. The molecule has 30 heavy (non-hydrogen) atoms. The third-order valence-corrected chi connectivity index (χ3v) is 5.71. The van der Waals surface area contributed by atoms with Gasteiger partial charge >= 0.3 is 0 Å². The van der Waals surface area contributed by atoms with Crippen LogP contribution in [-0.4, -0.2) is 29.0 Å². The van der Waals surface area contributed by atoms with Crippen molar-refractivity contribution in [3.05, 3.63) is 45.2 Å². The fourth-order valence-corrected chi connectivity index (χ4v) is 4.63. The van der Waals surface area contributed by atoms with E-state index in [0.717, 1.165) is 40.7 Å². The third kappa shape index (κ3) is 5.00. The Kier molecular flexibility index (Phi) is 8.39. The first-order chi connectivity index (χ1) is 14.3. The average molecular weight is 414 g/mol. The second-order valence-electron chi connectivity index (χ2n) is 8.15. The van der Waals surface area contributed by atoms with Crippen LogP contribution in [0.25, 0.3) is 0 Å². The fraction of sp³-hybridized carbons (Fsp3) is 0.560. The molecule has 2 rings (SSSR count). The van der Waals surface area contributed by atoms with E-state index in [-0.39, 0.29) is 23.2 Å². The zero-order valence-corrected chi connectivity index (χ0v) is 19.2. The number of oxime groups is 1. The molecule has 1 aromatic rings. The molecule has 164 valence electrons. The van der Waals surface area contributed by atoms with Crippen molar-refractivity contribution in [3.63, 3.8) is 0 Å². The van der Waals surface area contributed by atoms with E-state index in [4.69, 9.17) is 4.84 Å². The number of hydrogen-bond donors (Lipinski definition) is 1. The normalized spacial score (nSPS) is 17.5. The highest BCUT2D eigenvalue weighted by molar-refractivity contribution is 6.23. The van der Waals surface area contributed by atoms with E-state index in [1.807, 2.05) is 47.6 Å². The van der Waals surface area contributed by atoms with Crippen LogP contribution in [0, 0.1) is 20.8 Å². The molecule has 0 bridgehead atoms. The molecule has 1 aliphatic rings. The van der Waals surface area contributed by atoms with Gasteiger partial charge in [0.25, 0.3) is 0 Å². The largest absolute Gasteiger partial charge is 0.511 e. The van der Waals surface area contributed by atoms with Gasteiger partial charge < -0.3 is 9.94 Å². The van der Waals surface area contributed by atoms with Gasteiger partial charge in [-0.3, -0.25) is 9.59 Å². The smallest absolute Gasteiger partial charge is 0.168 e. The van der Waals surface area contributed by atoms with Crippen molar-refractivity contribution < 1.29 is 19.5 Å². The minimum atomic E-state index is -0.148. The van der Waals surface area contributed by atoms with Crippen LogP contribution in [-0.2, 0) is 9.63 Å². The maximum absolute atomic E-state index is 13.1. The first kappa shape index (κ1) is 23.8. The van der Waals surface area contributed by atoms with Crippen LogP contribution in [0.2, 0.25) is 0 Å². The number of hydrogen-bond acceptors (Lipinski definition) is 5. The Morgan fingerprint density at radius 1 is 1.10 bits per heavy atom. The number of carbonyl (C=O) groups is 2. The molecule has 0 saturated heterocycles. The number of rotatable bonds is 9. The lowest BCUT2D eigenvalue weighted by Crippen LogP contribution is -2.25. The van der Waals surface area contributed by atoms with Crippen LogP contribution in [0.3, 0.4) is 0 Å². The number of aliphatic hydroxyl groups excluding tert-OH is 1. The number of benzene rings is 1. The number of Topliss-reactive ketones (excluding diaryl/α,β-unsaturated/α-hetero) is 2. The van der Waals surface area contributed by atoms with Gasteiger partial charge in [-0.2, -0.15) is 0 Å². The Hall–Kier alpha value is -2.43. The molecule has 0 aromatic heterocycles. The van der Waals surface area contributed by atoms with Gasteiger partial charge in [-0.05, 0) is 68.7 Å². The Morgan fingerprint density at radius 3 is 2.33 bits per heavy atom. The summed E-state index contributed by atoms with van der Waals surface area (Å²) in [7, 11) is 0. The van der Waals surface area contributed by atoms with Crippen molar-refractivity contribution in [3.8, 4) is 0 Å². The van der Waals surface area contributed by atoms with E-state index in [1.54, 1.807) is 0 Å². The summed E-state index contributed by atoms with van der Waals surface area (Å²) in [5.74, 6) is -0.0455. The molecular formula is C25H35NO4. The molecule has 0 spiro atoms. The Morgan fingerprint density at radius 2 is 1.77 bits per heavy atom. The average Bonchev–Trinajstić information content (AvgIpc) is 2.65. The van der Waals surface area contributed by atoms with E-state index in [9.17, 15) is 14.7 Å². The molecule has 0 radical (unpaired) electrons. The highest BCUT2D eigenvalue weighted by Crippen LogP contribution is 2.39. The van der Waals surface area contributed by atoms with Gasteiger partial charge in [0.2, 0.25) is 0 Å². The van der Waals surface area contributed by atoms with Crippen LogP contribution in [0.1, 0.15) is 97.8 Å². The number of aliphatic hydroxyl groups is 1. The van der Waals surface area contributed by atoms with Crippen LogP contribution in [0.5, 0.6) is 0 Å². The van der Waals surface area contributed by atoms with Crippen molar-refractivity contribution in [1.82, 2.24) is 0 Å². The van der Waals surface area contributed by atoms with E-state index in [1.165, 1.54) is 0 Å². The van der Waals surface area contributed by atoms with Gasteiger partial charge in [0.05, 0.1) is 11.3 Å². The molecule has 1 atom stereocenters. The maximum Gasteiger partial charge on any atom is 0.168 e. The molecule has 5 nitrogen and oxygen atoms in total. The van der Waals surface area contributed by atoms with Crippen molar-refractivity contribution in [2.75, 3.05) is 6.61 Å². The second-order valence-corrected chi connectivity index (χ2v) is 8.15. The van der Waals surface area contributed by atoms with E-state index < -0.39 is 0 Å². The fourth-order valence-electron chi connectivity index (χ4n) is 4.63. The molecule has 0 aliphatic heterocycles. The topological polar surface area (TPSA) is 76.0 Å². The molecule has 0 saturated carbocycles. The quantitative estimate of drug-likeness (QED) is 0.304. The number of ketones is 2. The van der Waals surface area contributed by atoms with E-state index in [0.29, 0.717) is 43.6 Å². The lowest BCUT2D eigenvalue weighted by atomic mass is 9.76. The minimum Gasteiger partial charge on any atom is -0.511 e. The lowest BCUT2D eigenvalue weighted by molar-refractivity contribution is -0.116. The van der Waals surface area contributed by atoms with Crippen LogP contribution >= 0.6 is 0 Å². The summed E-state index contributed by atoms with van der Waals surface area (Å²) in [6, 6.07) is 2.03. The summed E-state index contributed by atoms with van der Waals surface area (Å²) in [6.45, 7) is 12.2. The molecule has 1 unspecified atom stereocenters. The van der Waals surface area contributed by atoms with Crippen molar-refractivity contribution in [1.29, 1.82) is 0 Å². The maximum atomic E-state index is 13.1. The zero-order valence-electron chi connectivity index (χ0n) is 19.2. The highest BCUT2D eigenvalue weighted by Gasteiger charge is 2.33. The number of carbonyl (C=O) groups excluding carboxylic acids is 2. The summed E-state index contributed by atoms with van der Waals surface area (Å²) < 4.78 is 0. The first-order valence-electron chi connectivity index (χ1n) is 11.0. The summed E-state index contributed by atoms with van der Waals surface area (Å²) in [6.07, 6.45) is 3.35. The van der Waals surface area contributed by atoms with E-state index >= 15 is 0 Å². The lowest BCUT2D eigenvalue weighted by Gasteiger charge is -2.28. The first-order valence-corrected chi connectivity index (χ1v) is 11.0. The summed E-state index contributed by atoms with van der Waals surface area (Å²) in [5.41, 5.74) is 5.59. The van der Waals surface area contributed by atoms with Gasteiger partial charge in [0.15, 0.2) is 11.6 Å². The molecule has 5 heteroatoms. The van der Waals surface area contributed by atoms with Gasteiger partial charge in [-0.15, -0.1) is 0 Å².